The van der Waals surface area contributed by atoms with Gasteiger partial charge in [-0.05, 0) is 53.4 Å². The van der Waals surface area contributed by atoms with Gasteiger partial charge in [0.1, 0.15) is 11.5 Å². The van der Waals surface area contributed by atoms with Crippen molar-refractivity contribution in [2.24, 2.45) is 0 Å². The first kappa shape index (κ1) is 19.9. The van der Waals surface area contributed by atoms with Crippen molar-refractivity contribution >= 4 is 22.7 Å². The summed E-state index contributed by atoms with van der Waals surface area (Å²) in [7, 11) is 2.14. The number of benzene rings is 4. The predicted molar refractivity (Wildman–Crippen MR) is 147 cm³/mol. The molecule has 1 atom stereocenters. The number of aromatic nitrogens is 1. The first-order chi connectivity index (χ1) is 17.6. The predicted octanol–water partition coefficient (Wildman–Crippen LogP) is 7.81. The van der Waals surface area contributed by atoms with E-state index < -0.39 is 0 Å². The van der Waals surface area contributed by atoms with Crippen LogP contribution in [0.4, 0.5) is 5.69 Å². The maximum atomic E-state index is 6.37. The summed E-state index contributed by atoms with van der Waals surface area (Å²) in [5, 5.41) is 1.17. The molecule has 0 spiro atoms. The summed E-state index contributed by atoms with van der Waals surface area (Å²) in [4.78, 5) is 7.50. The molecule has 3 aliphatic rings. The normalized spacial score (nSPS) is 18.3. The second kappa shape index (κ2) is 6.86. The van der Waals surface area contributed by atoms with Crippen LogP contribution in [-0.4, -0.2) is 18.6 Å². The molecule has 0 bridgehead atoms. The van der Waals surface area contributed by atoms with Gasteiger partial charge < -0.3 is 9.64 Å². The maximum Gasteiger partial charge on any atom is 0.132 e. The maximum absolute atomic E-state index is 6.37. The quantitative estimate of drug-likeness (QED) is 0.253. The molecule has 8 rings (SSSR count). The lowest BCUT2D eigenvalue weighted by molar-refractivity contribution is 0.431. The van der Waals surface area contributed by atoms with Crippen LogP contribution >= 0.6 is 0 Å². The highest BCUT2D eigenvalue weighted by atomic mass is 16.5. The lowest BCUT2D eigenvalue weighted by atomic mass is 9.72. The molecule has 2 aliphatic heterocycles. The minimum absolute atomic E-state index is 0.237. The molecule has 0 N–H and O–H groups in total. The van der Waals surface area contributed by atoms with Crippen LogP contribution in [0.2, 0.25) is 0 Å². The summed E-state index contributed by atoms with van der Waals surface area (Å²) in [5.74, 6) is 1.90. The van der Waals surface area contributed by atoms with Crippen molar-refractivity contribution in [3.63, 3.8) is 0 Å². The minimum atomic E-state index is -0.237. The van der Waals surface area contributed by atoms with Crippen molar-refractivity contribution in [2.45, 2.75) is 12.3 Å². The molecular weight excluding hydrogens is 440 g/mol. The van der Waals surface area contributed by atoms with Crippen molar-refractivity contribution in [1.82, 2.24) is 4.98 Å². The fraction of sp³-hybridized carbons (Fsp3) is 0.121. The van der Waals surface area contributed by atoms with Crippen molar-refractivity contribution in [1.29, 1.82) is 0 Å². The lowest BCUT2D eigenvalue weighted by Gasteiger charge is -2.35. The summed E-state index contributed by atoms with van der Waals surface area (Å²) >= 11 is 0. The Morgan fingerprint density at radius 1 is 0.833 bits per heavy atom. The lowest BCUT2D eigenvalue weighted by Crippen LogP contribution is -2.26. The van der Waals surface area contributed by atoms with E-state index in [1.54, 1.807) is 0 Å². The molecule has 0 radical (unpaired) electrons. The largest absolute Gasteiger partial charge is 0.457 e. The van der Waals surface area contributed by atoms with Gasteiger partial charge in [0, 0.05) is 35.7 Å². The molecule has 36 heavy (non-hydrogen) atoms. The number of nitrogens with zero attached hydrogens (tertiary/aromatic N) is 2. The number of rotatable bonds is 1. The number of hydrogen-bond donors (Lipinski definition) is 0. The Hall–Kier alpha value is -4.37. The molecular formula is C33H24N2O. The van der Waals surface area contributed by atoms with Gasteiger partial charge in [-0.1, -0.05) is 72.8 Å². The van der Waals surface area contributed by atoms with Crippen LogP contribution in [0.15, 0.2) is 91.0 Å². The van der Waals surface area contributed by atoms with Crippen LogP contribution in [0, 0.1) is 0 Å². The molecule has 0 saturated heterocycles. The van der Waals surface area contributed by atoms with Gasteiger partial charge in [-0.15, -0.1) is 0 Å². The number of likely N-dealkylation sites (N-methyl/N-ethyl adjacent to an activating group) is 1. The van der Waals surface area contributed by atoms with E-state index in [4.69, 9.17) is 9.72 Å². The molecule has 172 valence electrons. The number of para-hydroxylation sites is 1. The van der Waals surface area contributed by atoms with Gasteiger partial charge in [0.2, 0.25) is 0 Å². The molecule has 5 aromatic rings. The van der Waals surface area contributed by atoms with Crippen molar-refractivity contribution < 1.29 is 4.74 Å². The van der Waals surface area contributed by atoms with Crippen LogP contribution in [-0.2, 0) is 5.41 Å². The van der Waals surface area contributed by atoms with Crippen molar-refractivity contribution in [3.05, 3.63) is 113 Å². The van der Waals surface area contributed by atoms with Gasteiger partial charge in [0.15, 0.2) is 0 Å². The van der Waals surface area contributed by atoms with E-state index in [-0.39, 0.29) is 5.41 Å². The smallest absolute Gasteiger partial charge is 0.132 e. The van der Waals surface area contributed by atoms with E-state index in [1.807, 2.05) is 6.07 Å². The van der Waals surface area contributed by atoms with E-state index in [2.05, 4.69) is 110 Å². The van der Waals surface area contributed by atoms with E-state index >= 15 is 0 Å². The van der Waals surface area contributed by atoms with Gasteiger partial charge in [-0.2, -0.15) is 0 Å². The number of anilines is 1. The van der Waals surface area contributed by atoms with Crippen molar-refractivity contribution in [2.75, 3.05) is 18.5 Å². The molecule has 1 aromatic heterocycles. The summed E-state index contributed by atoms with van der Waals surface area (Å²) < 4.78 is 6.37. The van der Waals surface area contributed by atoms with Gasteiger partial charge in [-0.3, -0.25) is 0 Å². The van der Waals surface area contributed by atoms with Gasteiger partial charge in [-0.25, -0.2) is 4.98 Å². The van der Waals surface area contributed by atoms with E-state index in [0.29, 0.717) is 0 Å². The zero-order chi connectivity index (χ0) is 24.0. The Morgan fingerprint density at radius 2 is 1.69 bits per heavy atom. The molecule has 1 aliphatic carbocycles. The number of pyridine rings is 1. The fourth-order valence-electron chi connectivity index (χ4n) is 6.54. The number of hydrogen-bond acceptors (Lipinski definition) is 3. The Morgan fingerprint density at radius 3 is 2.64 bits per heavy atom. The molecule has 3 heteroatoms. The first-order valence-corrected chi connectivity index (χ1v) is 12.5. The number of fused-ring (bicyclic) bond motifs is 8. The van der Waals surface area contributed by atoms with Gasteiger partial charge in [0.05, 0.1) is 22.3 Å². The van der Waals surface area contributed by atoms with E-state index in [1.165, 1.54) is 44.5 Å². The molecule has 4 aromatic carbocycles. The second-order valence-electron chi connectivity index (χ2n) is 10.2. The third-order valence-corrected chi connectivity index (χ3v) is 8.24. The second-order valence-corrected chi connectivity index (χ2v) is 10.2. The minimum Gasteiger partial charge on any atom is -0.457 e. The monoisotopic (exact) mass is 464 g/mol. The molecule has 3 heterocycles. The Labute approximate surface area is 210 Å². The Balaban J connectivity index is 1.35. The van der Waals surface area contributed by atoms with Gasteiger partial charge in [0.25, 0.3) is 0 Å². The first-order valence-electron chi connectivity index (χ1n) is 12.5. The van der Waals surface area contributed by atoms with Crippen LogP contribution in [0.25, 0.3) is 39.4 Å². The van der Waals surface area contributed by atoms with Gasteiger partial charge >= 0.3 is 0 Å². The Kier molecular flexibility index (Phi) is 3.79. The van der Waals surface area contributed by atoms with E-state index in [0.717, 1.165) is 34.8 Å². The summed E-state index contributed by atoms with van der Waals surface area (Å²) in [6.07, 6.45) is 4.41. The zero-order valence-corrected chi connectivity index (χ0v) is 20.2. The van der Waals surface area contributed by atoms with Crippen LogP contribution in [0.3, 0.4) is 0 Å². The highest BCUT2D eigenvalue weighted by Gasteiger charge is 2.47. The van der Waals surface area contributed by atoms with Crippen LogP contribution in [0.1, 0.15) is 29.2 Å². The molecule has 0 fully saturated rings. The van der Waals surface area contributed by atoms with E-state index in [9.17, 15) is 0 Å². The third kappa shape index (κ3) is 2.45. The average Bonchev–Trinajstić information content (AvgIpc) is 3.18. The average molecular weight is 465 g/mol. The SMILES string of the molecule is CN1CC=Cc2ccc3ccc(-c4ccc5c(c4)-c4cccc6c4C5(C)c4ccccc4O6)nc3c21. The Bertz CT molecular complexity index is 1780. The standard InChI is InChI=1S/C33H24N2O/c1-33-25-16-14-22(27-17-15-20-12-13-21-7-6-18-35(2)32(21)31(20)34-27)19-24(25)23-8-5-11-29(30(23)33)36-28-10-4-3-9-26(28)33/h3-17,19H,18H2,1-2H3. The molecule has 0 amide bonds. The third-order valence-electron chi connectivity index (χ3n) is 8.24. The molecule has 0 saturated carbocycles. The van der Waals surface area contributed by atoms with Crippen molar-refractivity contribution in [3.8, 4) is 33.9 Å². The fourth-order valence-corrected chi connectivity index (χ4v) is 6.54. The zero-order valence-electron chi connectivity index (χ0n) is 20.2. The van der Waals surface area contributed by atoms with Crippen LogP contribution in [0.5, 0.6) is 11.5 Å². The van der Waals surface area contributed by atoms with Crippen LogP contribution < -0.4 is 9.64 Å². The summed E-state index contributed by atoms with van der Waals surface area (Å²) in [5.41, 5.74) is 11.7. The molecule has 3 nitrogen and oxygen atoms in total. The number of ether oxygens (including phenoxy) is 1. The summed E-state index contributed by atoms with van der Waals surface area (Å²) in [6, 6.07) is 30.5. The summed E-state index contributed by atoms with van der Waals surface area (Å²) in [6.45, 7) is 3.24. The highest BCUT2D eigenvalue weighted by Crippen LogP contribution is 2.60. The molecule has 1 unspecified atom stereocenters. The topological polar surface area (TPSA) is 25.4 Å². The highest BCUT2D eigenvalue weighted by molar-refractivity contribution is 5.98.